The van der Waals surface area contributed by atoms with E-state index in [2.05, 4.69) is 0 Å². The van der Waals surface area contributed by atoms with Gasteiger partial charge in [0.25, 0.3) is 0 Å². The summed E-state index contributed by atoms with van der Waals surface area (Å²) in [6.45, 7) is 0. The first kappa shape index (κ1) is 11.7. The minimum atomic E-state index is -0.567. The number of hydrogen-bond acceptors (Lipinski definition) is 3. The minimum absolute atomic E-state index is 0.287. The van der Waals surface area contributed by atoms with Gasteiger partial charge in [0.2, 0.25) is 0 Å². The van der Waals surface area contributed by atoms with Gasteiger partial charge in [0.15, 0.2) is 0 Å². The first-order valence-electron chi connectivity index (χ1n) is 6.25. The van der Waals surface area contributed by atoms with Gasteiger partial charge in [-0.15, -0.1) is 0 Å². The molecule has 2 aliphatic rings. The Morgan fingerprint density at radius 1 is 0.867 bits per heavy atom. The highest BCUT2D eigenvalue weighted by molar-refractivity contribution is 7.99. The maximum Gasteiger partial charge on any atom is 0.0842 e. The maximum absolute atomic E-state index is 10.7. The summed E-state index contributed by atoms with van der Waals surface area (Å²) in [5, 5.41) is 10.7. The third-order valence-corrected chi connectivity index (χ3v) is 5.23. The van der Waals surface area contributed by atoms with Crippen molar-refractivity contribution >= 4 is 11.8 Å². The van der Waals surface area contributed by atoms with Crippen LogP contribution in [0.3, 0.4) is 0 Å². The van der Waals surface area contributed by atoms with Crippen LogP contribution in [-0.4, -0.2) is 27.8 Å². The van der Waals surface area contributed by atoms with Crippen LogP contribution in [-0.2, 0) is 0 Å². The quantitative estimate of drug-likeness (QED) is 0.678. The second kappa shape index (κ2) is 4.64. The average molecular weight is 229 g/mol. The third-order valence-electron chi connectivity index (χ3n) is 4.24. The Bertz CT molecular complexity index is 206. The Balaban J connectivity index is 2.10. The molecule has 0 aromatic carbocycles. The Kier molecular flexibility index (Phi) is 3.63. The Morgan fingerprint density at radius 3 is 1.93 bits per heavy atom. The number of nitrogens with two attached hydrogens (primary N) is 1. The van der Waals surface area contributed by atoms with E-state index in [4.69, 9.17) is 5.73 Å². The van der Waals surface area contributed by atoms with Gasteiger partial charge < -0.3 is 10.8 Å². The van der Waals surface area contributed by atoms with Crippen LogP contribution in [0, 0.1) is 0 Å². The predicted octanol–water partition coefficient (Wildman–Crippen LogP) is 2.30. The van der Waals surface area contributed by atoms with E-state index in [1.807, 2.05) is 11.8 Å². The molecule has 0 radical (unpaired) electrons. The zero-order valence-electron chi connectivity index (χ0n) is 9.50. The normalized spacial score (nSPS) is 30.8. The van der Waals surface area contributed by atoms with Crippen molar-refractivity contribution in [3.63, 3.8) is 0 Å². The fourth-order valence-electron chi connectivity index (χ4n) is 3.03. The van der Waals surface area contributed by atoms with Gasteiger partial charge in [0.05, 0.1) is 5.60 Å². The topological polar surface area (TPSA) is 46.2 Å². The molecule has 88 valence electrons. The summed E-state index contributed by atoms with van der Waals surface area (Å²) in [6, 6.07) is 0. The SMILES string of the molecule is NC1(C2(O)CCSCC2)CCCCCC1. The average Bonchev–Trinajstić information content (AvgIpc) is 2.45. The highest BCUT2D eigenvalue weighted by atomic mass is 32.2. The zero-order valence-corrected chi connectivity index (χ0v) is 10.3. The first-order valence-corrected chi connectivity index (χ1v) is 7.41. The van der Waals surface area contributed by atoms with Crippen molar-refractivity contribution < 1.29 is 5.11 Å². The molecule has 1 aliphatic carbocycles. The molecule has 2 nitrogen and oxygen atoms in total. The lowest BCUT2D eigenvalue weighted by Crippen LogP contribution is -2.61. The van der Waals surface area contributed by atoms with E-state index in [0.29, 0.717) is 0 Å². The number of thioether (sulfide) groups is 1. The van der Waals surface area contributed by atoms with E-state index in [0.717, 1.165) is 37.2 Å². The summed E-state index contributed by atoms with van der Waals surface area (Å²) in [5.41, 5.74) is 5.65. The molecule has 3 heteroatoms. The fraction of sp³-hybridized carbons (Fsp3) is 1.00. The van der Waals surface area contributed by atoms with Crippen LogP contribution >= 0.6 is 11.8 Å². The second-order valence-corrected chi connectivity index (χ2v) is 6.44. The van der Waals surface area contributed by atoms with Crippen molar-refractivity contribution in [2.45, 2.75) is 62.5 Å². The molecular weight excluding hydrogens is 206 g/mol. The van der Waals surface area contributed by atoms with Gasteiger partial charge in [0, 0.05) is 5.54 Å². The molecule has 0 bridgehead atoms. The lowest BCUT2D eigenvalue weighted by molar-refractivity contribution is -0.0496. The van der Waals surface area contributed by atoms with E-state index in [-0.39, 0.29) is 5.54 Å². The maximum atomic E-state index is 10.7. The smallest absolute Gasteiger partial charge is 0.0842 e. The van der Waals surface area contributed by atoms with Gasteiger partial charge in [-0.1, -0.05) is 25.7 Å². The molecule has 15 heavy (non-hydrogen) atoms. The highest BCUT2D eigenvalue weighted by Gasteiger charge is 2.47. The molecule has 0 aromatic heterocycles. The third kappa shape index (κ3) is 2.34. The van der Waals surface area contributed by atoms with E-state index in [1.165, 1.54) is 25.7 Å². The summed E-state index contributed by atoms with van der Waals surface area (Å²) < 4.78 is 0. The minimum Gasteiger partial charge on any atom is -0.388 e. The molecular formula is C12H23NOS. The molecule has 2 rings (SSSR count). The molecule has 1 aliphatic heterocycles. The standard InChI is InChI=1S/C12H23NOS/c13-11(5-3-1-2-4-6-11)12(14)7-9-15-10-8-12/h14H,1-10,13H2. The molecule has 0 aromatic rings. The molecule has 2 fully saturated rings. The summed E-state index contributed by atoms with van der Waals surface area (Å²) in [4.78, 5) is 0. The van der Waals surface area contributed by atoms with Crippen molar-refractivity contribution in [3.8, 4) is 0 Å². The first-order chi connectivity index (χ1) is 7.16. The van der Waals surface area contributed by atoms with Crippen molar-refractivity contribution in [3.05, 3.63) is 0 Å². The molecule has 0 unspecified atom stereocenters. The van der Waals surface area contributed by atoms with Crippen LogP contribution in [0.4, 0.5) is 0 Å². The largest absolute Gasteiger partial charge is 0.388 e. The van der Waals surface area contributed by atoms with Crippen LogP contribution in [0.25, 0.3) is 0 Å². The van der Waals surface area contributed by atoms with Crippen LogP contribution in [0.2, 0.25) is 0 Å². The van der Waals surface area contributed by atoms with E-state index >= 15 is 0 Å². The number of aliphatic hydroxyl groups is 1. The molecule has 1 heterocycles. The van der Waals surface area contributed by atoms with E-state index < -0.39 is 5.60 Å². The lowest BCUT2D eigenvalue weighted by atomic mass is 9.72. The van der Waals surface area contributed by atoms with Crippen molar-refractivity contribution in [1.82, 2.24) is 0 Å². The van der Waals surface area contributed by atoms with Gasteiger partial charge in [-0.25, -0.2) is 0 Å². The van der Waals surface area contributed by atoms with Crippen LogP contribution in [0.15, 0.2) is 0 Å². The Labute approximate surface area is 97.0 Å². The molecule has 1 saturated heterocycles. The summed E-state index contributed by atoms with van der Waals surface area (Å²) >= 11 is 1.95. The van der Waals surface area contributed by atoms with Gasteiger partial charge in [-0.05, 0) is 37.2 Å². The Hall–Kier alpha value is 0.270. The number of rotatable bonds is 1. The van der Waals surface area contributed by atoms with Crippen molar-refractivity contribution in [2.24, 2.45) is 5.73 Å². The van der Waals surface area contributed by atoms with E-state index in [1.54, 1.807) is 0 Å². The van der Waals surface area contributed by atoms with Gasteiger partial charge in [0.1, 0.15) is 0 Å². The van der Waals surface area contributed by atoms with Crippen LogP contribution < -0.4 is 5.73 Å². The monoisotopic (exact) mass is 229 g/mol. The summed E-state index contributed by atoms with van der Waals surface area (Å²) in [6.07, 6.45) is 8.83. The Morgan fingerprint density at radius 2 is 1.40 bits per heavy atom. The van der Waals surface area contributed by atoms with Crippen molar-refractivity contribution in [2.75, 3.05) is 11.5 Å². The molecule has 0 amide bonds. The molecule has 1 saturated carbocycles. The van der Waals surface area contributed by atoms with Crippen LogP contribution in [0.5, 0.6) is 0 Å². The molecule has 0 spiro atoms. The lowest BCUT2D eigenvalue weighted by Gasteiger charge is -2.47. The van der Waals surface area contributed by atoms with Gasteiger partial charge >= 0.3 is 0 Å². The van der Waals surface area contributed by atoms with Crippen molar-refractivity contribution in [1.29, 1.82) is 0 Å². The van der Waals surface area contributed by atoms with Crippen LogP contribution in [0.1, 0.15) is 51.4 Å². The summed E-state index contributed by atoms with van der Waals surface area (Å²) in [7, 11) is 0. The second-order valence-electron chi connectivity index (χ2n) is 5.21. The fourth-order valence-corrected chi connectivity index (χ4v) is 4.20. The molecule has 3 N–H and O–H groups in total. The molecule has 0 atom stereocenters. The zero-order chi connectivity index (χ0) is 10.8. The van der Waals surface area contributed by atoms with E-state index in [9.17, 15) is 5.11 Å². The predicted molar refractivity (Wildman–Crippen MR) is 66.1 cm³/mol. The number of hydrogen-bond donors (Lipinski definition) is 2. The summed E-state index contributed by atoms with van der Waals surface area (Å²) in [5.74, 6) is 2.16. The van der Waals surface area contributed by atoms with Gasteiger partial charge in [-0.3, -0.25) is 0 Å². The van der Waals surface area contributed by atoms with Gasteiger partial charge in [-0.2, -0.15) is 11.8 Å². The highest BCUT2D eigenvalue weighted by Crippen LogP contribution is 2.41.